The van der Waals surface area contributed by atoms with Gasteiger partial charge in [0.1, 0.15) is 5.82 Å². The van der Waals surface area contributed by atoms with Gasteiger partial charge in [-0.25, -0.2) is 9.40 Å². The molecule has 0 aliphatic carbocycles. The predicted molar refractivity (Wildman–Crippen MR) is 60.4 cm³/mol. The average Bonchev–Trinajstić information content (AvgIpc) is 2.32. The van der Waals surface area contributed by atoms with E-state index in [1.165, 1.54) is 6.07 Å². The molecule has 1 aliphatic rings. The summed E-state index contributed by atoms with van der Waals surface area (Å²) >= 11 is 0. The lowest BCUT2D eigenvalue weighted by Crippen LogP contribution is -2.45. The zero-order valence-electron chi connectivity index (χ0n) is 9.50. The maximum atomic E-state index is 13.0. The van der Waals surface area contributed by atoms with Crippen LogP contribution >= 0.6 is 0 Å². The third-order valence-corrected chi connectivity index (χ3v) is 2.74. The molecule has 1 aliphatic heterocycles. The molecule has 16 heavy (non-hydrogen) atoms. The highest BCUT2D eigenvalue weighted by atomic mass is 19.1. The van der Waals surface area contributed by atoms with Crippen molar-refractivity contribution in [3.05, 3.63) is 35.1 Å². The van der Waals surface area contributed by atoms with Crippen molar-refractivity contribution >= 4 is 0 Å². The molecule has 0 spiro atoms. The lowest BCUT2D eigenvalue weighted by molar-refractivity contribution is 0.0105. The number of aryl methyl sites for hydroxylation is 1. The van der Waals surface area contributed by atoms with Gasteiger partial charge in [0.2, 0.25) is 0 Å². The van der Waals surface area contributed by atoms with Gasteiger partial charge in [-0.05, 0) is 24.1 Å². The van der Waals surface area contributed by atoms with Crippen LogP contribution < -0.4 is 5.43 Å². The molecule has 1 fully saturated rings. The Labute approximate surface area is 95.2 Å². The summed E-state index contributed by atoms with van der Waals surface area (Å²) in [6.07, 6.45) is 0. The van der Waals surface area contributed by atoms with Gasteiger partial charge in [-0.15, -0.1) is 0 Å². The Bertz CT molecular complexity index is 351. The van der Waals surface area contributed by atoms with Gasteiger partial charge in [-0.1, -0.05) is 12.1 Å². The van der Waals surface area contributed by atoms with Crippen molar-refractivity contribution in [2.45, 2.75) is 13.5 Å². The molecule has 88 valence electrons. The van der Waals surface area contributed by atoms with Crippen LogP contribution in [0.1, 0.15) is 11.1 Å². The van der Waals surface area contributed by atoms with Gasteiger partial charge < -0.3 is 4.74 Å². The maximum absolute atomic E-state index is 13.0. The minimum Gasteiger partial charge on any atom is -0.379 e. The lowest BCUT2D eigenvalue weighted by Gasteiger charge is -2.27. The first-order chi connectivity index (χ1) is 7.75. The van der Waals surface area contributed by atoms with E-state index < -0.39 is 0 Å². The molecule has 1 saturated heterocycles. The van der Waals surface area contributed by atoms with E-state index in [2.05, 4.69) is 10.4 Å². The topological polar surface area (TPSA) is 24.5 Å². The molecular formula is C12H17FN2O. The van der Waals surface area contributed by atoms with Crippen LogP contribution in [0.4, 0.5) is 4.39 Å². The fraction of sp³-hybridized carbons (Fsp3) is 0.500. The Balaban J connectivity index is 1.86. The summed E-state index contributed by atoms with van der Waals surface area (Å²) in [4.78, 5) is 0. The van der Waals surface area contributed by atoms with Crippen LogP contribution in [0.2, 0.25) is 0 Å². The average molecular weight is 224 g/mol. The Morgan fingerprint density at radius 1 is 1.38 bits per heavy atom. The lowest BCUT2D eigenvalue weighted by atomic mass is 10.1. The summed E-state index contributed by atoms with van der Waals surface area (Å²) in [6, 6.07) is 5.21. The van der Waals surface area contributed by atoms with Crippen molar-refractivity contribution in [2.75, 3.05) is 26.3 Å². The van der Waals surface area contributed by atoms with E-state index in [1.54, 1.807) is 6.92 Å². The summed E-state index contributed by atoms with van der Waals surface area (Å²) in [5, 5.41) is 2.14. The van der Waals surface area contributed by atoms with Gasteiger partial charge in [-0.2, -0.15) is 0 Å². The van der Waals surface area contributed by atoms with E-state index in [-0.39, 0.29) is 5.82 Å². The molecule has 1 aromatic rings. The van der Waals surface area contributed by atoms with Crippen molar-refractivity contribution in [3.8, 4) is 0 Å². The van der Waals surface area contributed by atoms with Crippen LogP contribution in [-0.4, -0.2) is 31.3 Å². The molecular weight excluding hydrogens is 207 g/mol. The summed E-state index contributed by atoms with van der Waals surface area (Å²) in [6.45, 7) is 5.87. The predicted octanol–water partition coefficient (Wildman–Crippen LogP) is 1.47. The molecule has 2 rings (SSSR count). The van der Waals surface area contributed by atoms with E-state index in [9.17, 15) is 4.39 Å². The Hall–Kier alpha value is -0.970. The fourth-order valence-corrected chi connectivity index (χ4v) is 1.74. The first-order valence-corrected chi connectivity index (χ1v) is 5.57. The molecule has 0 amide bonds. The number of ether oxygens (including phenoxy) is 1. The van der Waals surface area contributed by atoms with E-state index in [0.717, 1.165) is 38.4 Å². The van der Waals surface area contributed by atoms with Crippen LogP contribution in [0, 0.1) is 12.7 Å². The second-order valence-electron chi connectivity index (χ2n) is 4.02. The first kappa shape index (κ1) is 11.5. The molecule has 0 radical (unpaired) electrons. The summed E-state index contributed by atoms with van der Waals surface area (Å²) in [5.74, 6) is -0.143. The molecule has 1 heterocycles. The maximum Gasteiger partial charge on any atom is 0.126 e. The molecule has 0 unspecified atom stereocenters. The van der Waals surface area contributed by atoms with Gasteiger partial charge in [0.25, 0.3) is 0 Å². The van der Waals surface area contributed by atoms with E-state index in [0.29, 0.717) is 5.56 Å². The molecule has 4 heteroatoms. The molecule has 0 bridgehead atoms. The number of hydrogen-bond donors (Lipinski definition) is 1. The third kappa shape index (κ3) is 3.01. The SMILES string of the molecule is Cc1cc(CNN2CCOCC2)ccc1F. The summed E-state index contributed by atoms with van der Waals surface area (Å²) < 4.78 is 18.3. The zero-order chi connectivity index (χ0) is 11.4. The minimum atomic E-state index is -0.143. The van der Waals surface area contributed by atoms with Crippen molar-refractivity contribution in [3.63, 3.8) is 0 Å². The van der Waals surface area contributed by atoms with Crippen molar-refractivity contribution in [1.29, 1.82) is 0 Å². The van der Waals surface area contributed by atoms with Gasteiger partial charge in [0.05, 0.1) is 13.2 Å². The highest BCUT2D eigenvalue weighted by Crippen LogP contribution is 2.09. The summed E-state index contributed by atoms with van der Waals surface area (Å²) in [5.41, 5.74) is 5.11. The quantitative estimate of drug-likeness (QED) is 0.841. The van der Waals surface area contributed by atoms with E-state index >= 15 is 0 Å². The van der Waals surface area contributed by atoms with Crippen LogP contribution in [0.3, 0.4) is 0 Å². The van der Waals surface area contributed by atoms with E-state index in [4.69, 9.17) is 4.74 Å². The standard InChI is InChI=1S/C12H17FN2O/c1-10-8-11(2-3-12(10)13)9-14-15-4-6-16-7-5-15/h2-3,8,14H,4-7,9H2,1H3. The van der Waals surface area contributed by atoms with Crippen molar-refractivity contribution < 1.29 is 9.13 Å². The monoisotopic (exact) mass is 224 g/mol. The number of halogens is 1. The minimum absolute atomic E-state index is 0.143. The molecule has 3 nitrogen and oxygen atoms in total. The van der Waals surface area contributed by atoms with Crippen molar-refractivity contribution in [1.82, 2.24) is 10.4 Å². The van der Waals surface area contributed by atoms with Gasteiger partial charge >= 0.3 is 0 Å². The highest BCUT2D eigenvalue weighted by Gasteiger charge is 2.09. The number of benzene rings is 1. The Morgan fingerprint density at radius 3 is 2.81 bits per heavy atom. The van der Waals surface area contributed by atoms with Crippen LogP contribution in [-0.2, 0) is 11.3 Å². The number of hydrogen-bond acceptors (Lipinski definition) is 3. The normalized spacial score (nSPS) is 17.6. The molecule has 1 N–H and O–H groups in total. The second-order valence-corrected chi connectivity index (χ2v) is 4.02. The van der Waals surface area contributed by atoms with Gasteiger partial charge in [0.15, 0.2) is 0 Å². The Morgan fingerprint density at radius 2 is 2.12 bits per heavy atom. The number of rotatable bonds is 3. The first-order valence-electron chi connectivity index (χ1n) is 5.57. The third-order valence-electron chi connectivity index (χ3n) is 2.74. The second kappa shape index (κ2) is 5.39. The van der Waals surface area contributed by atoms with Gasteiger partial charge in [0, 0.05) is 19.6 Å². The van der Waals surface area contributed by atoms with Gasteiger partial charge in [-0.3, -0.25) is 5.43 Å². The number of morpholine rings is 1. The zero-order valence-corrected chi connectivity index (χ0v) is 9.50. The summed E-state index contributed by atoms with van der Waals surface area (Å²) in [7, 11) is 0. The Kier molecular flexibility index (Phi) is 3.88. The van der Waals surface area contributed by atoms with Crippen molar-refractivity contribution in [2.24, 2.45) is 0 Å². The number of nitrogens with one attached hydrogen (secondary N) is 1. The smallest absolute Gasteiger partial charge is 0.126 e. The molecule has 1 aromatic carbocycles. The molecule has 0 saturated carbocycles. The number of hydrazine groups is 1. The van der Waals surface area contributed by atoms with Crippen LogP contribution in [0.15, 0.2) is 18.2 Å². The number of nitrogens with zero attached hydrogens (tertiary/aromatic N) is 1. The molecule has 0 aromatic heterocycles. The van der Waals surface area contributed by atoms with Crippen LogP contribution in [0.5, 0.6) is 0 Å². The molecule has 0 atom stereocenters. The largest absolute Gasteiger partial charge is 0.379 e. The van der Waals surface area contributed by atoms with Crippen LogP contribution in [0.25, 0.3) is 0 Å². The highest BCUT2D eigenvalue weighted by molar-refractivity contribution is 5.23. The van der Waals surface area contributed by atoms with E-state index in [1.807, 2.05) is 12.1 Å². The fourth-order valence-electron chi connectivity index (χ4n) is 1.74.